The topological polar surface area (TPSA) is 114 Å². The van der Waals surface area contributed by atoms with Crippen LogP contribution in [0, 0.1) is 22.0 Å². The maximum Gasteiger partial charge on any atom is 0.308 e. The van der Waals surface area contributed by atoms with Gasteiger partial charge in [0.15, 0.2) is 0 Å². The fraction of sp³-hybridized carbons (Fsp3) is 0.538. The number of rotatable bonds is 7. The van der Waals surface area contributed by atoms with E-state index in [-0.39, 0.29) is 23.8 Å². The molecule has 8 heteroatoms. The number of nitro groups is 1. The van der Waals surface area contributed by atoms with Crippen LogP contribution >= 0.6 is 0 Å². The average molecular weight is 297 g/mol. The number of hydrogen-bond donors (Lipinski definition) is 2. The molecular formula is C13H19N3O5. The van der Waals surface area contributed by atoms with Crippen LogP contribution in [-0.2, 0) is 11.3 Å². The highest BCUT2D eigenvalue weighted by molar-refractivity contribution is 5.93. The Morgan fingerprint density at radius 3 is 2.52 bits per heavy atom. The van der Waals surface area contributed by atoms with Gasteiger partial charge in [0.05, 0.1) is 17.0 Å². The fourth-order valence-corrected chi connectivity index (χ4v) is 1.95. The van der Waals surface area contributed by atoms with Crippen molar-refractivity contribution in [3.05, 3.63) is 28.1 Å². The number of aryl methyl sites for hydroxylation is 1. The Morgan fingerprint density at radius 1 is 1.48 bits per heavy atom. The molecule has 0 spiro atoms. The third-order valence-electron chi connectivity index (χ3n) is 3.27. The van der Waals surface area contributed by atoms with E-state index in [1.165, 1.54) is 16.8 Å². The number of amides is 1. The minimum Gasteiger partial charge on any atom is -0.481 e. The van der Waals surface area contributed by atoms with Gasteiger partial charge in [0.25, 0.3) is 11.6 Å². The van der Waals surface area contributed by atoms with Gasteiger partial charge in [0.1, 0.15) is 5.69 Å². The number of carboxylic acids is 1. The maximum absolute atomic E-state index is 12.1. The molecule has 0 saturated carbocycles. The van der Waals surface area contributed by atoms with E-state index >= 15 is 0 Å². The summed E-state index contributed by atoms with van der Waals surface area (Å²) in [5.74, 6) is -2.33. The van der Waals surface area contributed by atoms with Crippen molar-refractivity contribution in [2.45, 2.75) is 27.3 Å². The van der Waals surface area contributed by atoms with Crippen LogP contribution in [0.25, 0.3) is 0 Å². The predicted molar refractivity (Wildman–Crippen MR) is 75.1 cm³/mol. The number of hydrogen-bond acceptors (Lipinski definition) is 4. The summed E-state index contributed by atoms with van der Waals surface area (Å²) in [7, 11) is 0. The lowest BCUT2D eigenvalue weighted by Gasteiger charge is -2.16. The molecule has 0 saturated heterocycles. The molecular weight excluding hydrogens is 278 g/mol. The molecule has 21 heavy (non-hydrogen) atoms. The minimum absolute atomic E-state index is 0.0193. The van der Waals surface area contributed by atoms with Gasteiger partial charge in [0, 0.05) is 19.2 Å². The summed E-state index contributed by atoms with van der Waals surface area (Å²) in [5, 5.41) is 22.3. The standard InChI is InChI=1S/C13H19N3O5/c1-4-15-7-9(16(20)21)5-11(15)12(17)14-6-10(8(2)3)13(18)19/h5,7-8,10H,4,6H2,1-3H3,(H,14,17)(H,18,19). The molecule has 0 aliphatic heterocycles. The number of carboxylic acid groups (broad SMARTS) is 1. The second kappa shape index (κ2) is 6.87. The fourth-order valence-electron chi connectivity index (χ4n) is 1.95. The van der Waals surface area contributed by atoms with E-state index in [0.29, 0.717) is 6.54 Å². The van der Waals surface area contributed by atoms with Gasteiger partial charge in [-0.3, -0.25) is 19.7 Å². The molecule has 1 heterocycles. The van der Waals surface area contributed by atoms with Crippen molar-refractivity contribution in [1.29, 1.82) is 0 Å². The third kappa shape index (κ3) is 4.04. The third-order valence-corrected chi connectivity index (χ3v) is 3.27. The normalized spacial score (nSPS) is 12.2. The number of carbonyl (C=O) groups excluding carboxylic acids is 1. The zero-order valence-corrected chi connectivity index (χ0v) is 12.2. The van der Waals surface area contributed by atoms with Crippen LogP contribution in [0.1, 0.15) is 31.3 Å². The van der Waals surface area contributed by atoms with Gasteiger partial charge < -0.3 is 15.0 Å². The van der Waals surface area contributed by atoms with Crippen molar-refractivity contribution in [1.82, 2.24) is 9.88 Å². The first-order valence-corrected chi connectivity index (χ1v) is 6.63. The monoisotopic (exact) mass is 297 g/mol. The van der Waals surface area contributed by atoms with E-state index < -0.39 is 22.7 Å². The summed E-state index contributed by atoms with van der Waals surface area (Å²) < 4.78 is 1.46. The summed E-state index contributed by atoms with van der Waals surface area (Å²) in [5.41, 5.74) is -0.0160. The van der Waals surface area contributed by atoms with Crippen molar-refractivity contribution in [2.24, 2.45) is 11.8 Å². The Labute approximate surface area is 121 Å². The molecule has 1 unspecified atom stereocenters. The summed E-state index contributed by atoms with van der Waals surface area (Å²) in [6.45, 7) is 5.65. The van der Waals surface area contributed by atoms with Gasteiger partial charge in [0.2, 0.25) is 0 Å². The molecule has 2 N–H and O–H groups in total. The molecule has 0 aliphatic rings. The lowest BCUT2D eigenvalue weighted by molar-refractivity contribution is -0.384. The Bertz CT molecular complexity index is 550. The molecule has 8 nitrogen and oxygen atoms in total. The number of nitrogens with zero attached hydrogens (tertiary/aromatic N) is 2. The van der Waals surface area contributed by atoms with Gasteiger partial charge >= 0.3 is 5.97 Å². The number of nitrogens with one attached hydrogen (secondary N) is 1. The van der Waals surface area contributed by atoms with Crippen molar-refractivity contribution in [3.63, 3.8) is 0 Å². The molecule has 1 amide bonds. The van der Waals surface area contributed by atoms with Crippen LogP contribution in [0.3, 0.4) is 0 Å². The Morgan fingerprint density at radius 2 is 2.10 bits per heavy atom. The summed E-state index contributed by atoms with van der Waals surface area (Å²) in [6.07, 6.45) is 1.28. The predicted octanol–water partition coefficient (Wildman–Crippen LogP) is 1.50. The van der Waals surface area contributed by atoms with E-state index in [4.69, 9.17) is 5.11 Å². The molecule has 0 bridgehead atoms. The second-order valence-electron chi connectivity index (χ2n) is 5.03. The van der Waals surface area contributed by atoms with E-state index in [1.54, 1.807) is 20.8 Å². The lowest BCUT2D eigenvalue weighted by Crippen LogP contribution is -2.36. The van der Waals surface area contributed by atoms with Crippen LogP contribution < -0.4 is 5.32 Å². The van der Waals surface area contributed by atoms with Crippen LogP contribution in [0.2, 0.25) is 0 Å². The van der Waals surface area contributed by atoms with Crippen LogP contribution in [0.5, 0.6) is 0 Å². The second-order valence-corrected chi connectivity index (χ2v) is 5.03. The SMILES string of the molecule is CCn1cc([N+](=O)[O-])cc1C(=O)NCC(C(=O)O)C(C)C. The van der Waals surface area contributed by atoms with E-state index in [1.807, 2.05) is 0 Å². The highest BCUT2D eigenvalue weighted by Crippen LogP contribution is 2.17. The molecule has 0 aliphatic carbocycles. The highest BCUT2D eigenvalue weighted by atomic mass is 16.6. The van der Waals surface area contributed by atoms with E-state index in [9.17, 15) is 19.7 Å². The summed E-state index contributed by atoms with van der Waals surface area (Å²) >= 11 is 0. The molecule has 0 radical (unpaired) electrons. The molecule has 1 aromatic rings. The van der Waals surface area contributed by atoms with Crippen molar-refractivity contribution < 1.29 is 19.6 Å². The lowest BCUT2D eigenvalue weighted by atomic mass is 9.96. The van der Waals surface area contributed by atoms with Crippen LogP contribution in [-0.4, -0.2) is 33.0 Å². The molecule has 1 aromatic heterocycles. The quantitative estimate of drug-likeness (QED) is 0.584. The zero-order valence-electron chi connectivity index (χ0n) is 12.2. The zero-order chi connectivity index (χ0) is 16.2. The number of carbonyl (C=O) groups is 2. The largest absolute Gasteiger partial charge is 0.481 e. The smallest absolute Gasteiger partial charge is 0.308 e. The van der Waals surface area contributed by atoms with Gasteiger partial charge in [-0.05, 0) is 12.8 Å². The van der Waals surface area contributed by atoms with Crippen LogP contribution in [0.15, 0.2) is 12.3 Å². The molecule has 1 atom stereocenters. The molecule has 0 fully saturated rings. The van der Waals surface area contributed by atoms with Crippen molar-refractivity contribution >= 4 is 17.6 Å². The Kier molecular flexibility index (Phi) is 5.45. The van der Waals surface area contributed by atoms with E-state index in [2.05, 4.69) is 5.32 Å². The first kappa shape index (κ1) is 16.7. The van der Waals surface area contributed by atoms with Gasteiger partial charge in [-0.15, -0.1) is 0 Å². The van der Waals surface area contributed by atoms with Gasteiger partial charge in [-0.2, -0.15) is 0 Å². The number of aromatic nitrogens is 1. The Balaban J connectivity index is 2.84. The first-order valence-electron chi connectivity index (χ1n) is 6.63. The van der Waals surface area contributed by atoms with Gasteiger partial charge in [-0.1, -0.05) is 13.8 Å². The molecule has 1 rings (SSSR count). The Hall–Kier alpha value is -2.38. The first-order chi connectivity index (χ1) is 9.77. The molecule has 0 aromatic carbocycles. The van der Waals surface area contributed by atoms with Crippen LogP contribution in [0.4, 0.5) is 5.69 Å². The summed E-state index contributed by atoms with van der Waals surface area (Å²) in [6, 6.07) is 1.18. The number of aliphatic carboxylic acids is 1. The maximum atomic E-state index is 12.1. The minimum atomic E-state index is -0.984. The van der Waals surface area contributed by atoms with Crippen molar-refractivity contribution in [3.8, 4) is 0 Å². The molecule has 116 valence electrons. The summed E-state index contributed by atoms with van der Waals surface area (Å²) in [4.78, 5) is 33.3. The van der Waals surface area contributed by atoms with E-state index in [0.717, 1.165) is 0 Å². The van der Waals surface area contributed by atoms with Crippen molar-refractivity contribution in [2.75, 3.05) is 6.54 Å². The highest BCUT2D eigenvalue weighted by Gasteiger charge is 2.24. The van der Waals surface area contributed by atoms with Gasteiger partial charge in [-0.25, -0.2) is 0 Å². The average Bonchev–Trinajstić information content (AvgIpc) is 2.82.